The third kappa shape index (κ3) is 4.64. The van der Waals surface area contributed by atoms with Gasteiger partial charge in [0.15, 0.2) is 0 Å². The van der Waals surface area contributed by atoms with Crippen molar-refractivity contribution in [3.05, 3.63) is 6.42 Å². The van der Waals surface area contributed by atoms with Crippen LogP contribution < -0.4 is 0 Å². The molecule has 0 heterocycles. The number of ether oxygens (including phenoxy) is 2. The second-order valence-corrected chi connectivity index (χ2v) is 4.09. The summed E-state index contributed by atoms with van der Waals surface area (Å²) in [7, 11) is 0. The van der Waals surface area contributed by atoms with E-state index in [1.165, 1.54) is 13.8 Å². The Kier molecular flexibility index (Phi) is 5.29. The highest BCUT2D eigenvalue weighted by molar-refractivity contribution is 5.67. The van der Waals surface area contributed by atoms with Crippen LogP contribution in [0.5, 0.6) is 0 Å². The van der Waals surface area contributed by atoms with Crippen molar-refractivity contribution in [1.82, 2.24) is 0 Å². The smallest absolute Gasteiger partial charge is 0.303 e. The number of esters is 2. The fraction of sp³-hybridized carbons (Fsp3) is 0.750. The van der Waals surface area contributed by atoms with Crippen molar-refractivity contribution in [2.75, 3.05) is 0 Å². The van der Waals surface area contributed by atoms with Gasteiger partial charge >= 0.3 is 11.9 Å². The normalized spacial score (nSPS) is 26.4. The third-order valence-corrected chi connectivity index (χ3v) is 2.60. The van der Waals surface area contributed by atoms with E-state index >= 15 is 0 Å². The Morgan fingerprint density at radius 3 is 2.12 bits per heavy atom. The maximum atomic E-state index is 11.0. The Hall–Kier alpha value is -1.06. The predicted molar refractivity (Wildman–Crippen MR) is 58.5 cm³/mol. The molecule has 91 valence electrons. The Bertz CT molecular complexity index is 223. The Balaban J connectivity index is 2.60. The summed E-state index contributed by atoms with van der Waals surface area (Å²) in [6, 6.07) is 0. The standard InChI is InChI=1S/C12H19O4/c1-9(13)15-11-7-5-3-4-6-8-12(11)16-10(2)14/h3,11-12H,4-8H2,1-2H3. The van der Waals surface area contributed by atoms with Gasteiger partial charge < -0.3 is 9.47 Å². The summed E-state index contributed by atoms with van der Waals surface area (Å²) in [5.74, 6) is -0.630. The second-order valence-electron chi connectivity index (χ2n) is 4.09. The first-order valence-corrected chi connectivity index (χ1v) is 5.75. The van der Waals surface area contributed by atoms with Crippen LogP contribution in [-0.2, 0) is 19.1 Å². The van der Waals surface area contributed by atoms with E-state index in [-0.39, 0.29) is 24.1 Å². The van der Waals surface area contributed by atoms with Crippen LogP contribution in [0.4, 0.5) is 0 Å². The molecular weight excluding hydrogens is 208 g/mol. The lowest BCUT2D eigenvalue weighted by Gasteiger charge is -2.28. The summed E-state index contributed by atoms with van der Waals surface area (Å²) in [6.07, 6.45) is 6.01. The van der Waals surface area contributed by atoms with E-state index in [4.69, 9.17) is 9.47 Å². The summed E-state index contributed by atoms with van der Waals surface area (Å²) < 4.78 is 10.4. The largest absolute Gasteiger partial charge is 0.459 e. The Morgan fingerprint density at radius 2 is 1.56 bits per heavy atom. The zero-order chi connectivity index (χ0) is 12.0. The van der Waals surface area contributed by atoms with Gasteiger partial charge in [-0.2, -0.15) is 0 Å². The third-order valence-electron chi connectivity index (χ3n) is 2.60. The van der Waals surface area contributed by atoms with Gasteiger partial charge in [0.05, 0.1) is 0 Å². The minimum atomic E-state index is -0.317. The number of hydrogen-bond donors (Lipinski definition) is 0. The van der Waals surface area contributed by atoms with E-state index in [2.05, 4.69) is 6.42 Å². The number of rotatable bonds is 2. The zero-order valence-electron chi connectivity index (χ0n) is 9.90. The Morgan fingerprint density at radius 1 is 1.00 bits per heavy atom. The topological polar surface area (TPSA) is 52.6 Å². The van der Waals surface area contributed by atoms with Gasteiger partial charge in [0.25, 0.3) is 0 Å². The van der Waals surface area contributed by atoms with Crippen LogP contribution in [0.2, 0.25) is 0 Å². The van der Waals surface area contributed by atoms with Crippen molar-refractivity contribution in [3.8, 4) is 0 Å². The zero-order valence-corrected chi connectivity index (χ0v) is 9.90. The fourth-order valence-electron chi connectivity index (χ4n) is 1.96. The number of carbonyl (C=O) groups excluding carboxylic acids is 2. The van der Waals surface area contributed by atoms with E-state index in [0.717, 1.165) is 32.1 Å². The molecular formula is C12H19O4. The van der Waals surface area contributed by atoms with Gasteiger partial charge in [-0.3, -0.25) is 9.59 Å². The fourth-order valence-corrected chi connectivity index (χ4v) is 1.96. The molecule has 0 aromatic rings. The Labute approximate surface area is 96.3 Å². The van der Waals surface area contributed by atoms with Gasteiger partial charge in [0.1, 0.15) is 12.2 Å². The second kappa shape index (κ2) is 6.51. The van der Waals surface area contributed by atoms with Crippen molar-refractivity contribution in [2.45, 2.75) is 58.2 Å². The summed E-state index contributed by atoms with van der Waals surface area (Å²) >= 11 is 0. The van der Waals surface area contributed by atoms with Crippen LogP contribution in [0.15, 0.2) is 0 Å². The molecule has 1 aliphatic rings. The molecule has 4 nitrogen and oxygen atoms in total. The molecule has 0 bridgehead atoms. The first-order chi connectivity index (χ1) is 7.59. The highest BCUT2D eigenvalue weighted by Crippen LogP contribution is 2.22. The van der Waals surface area contributed by atoms with Crippen LogP contribution in [0, 0.1) is 6.42 Å². The van der Waals surface area contributed by atoms with Crippen molar-refractivity contribution < 1.29 is 19.1 Å². The van der Waals surface area contributed by atoms with Crippen molar-refractivity contribution in [1.29, 1.82) is 0 Å². The molecule has 0 saturated heterocycles. The molecule has 1 radical (unpaired) electrons. The maximum absolute atomic E-state index is 11.0. The molecule has 0 aromatic carbocycles. The van der Waals surface area contributed by atoms with Gasteiger partial charge in [0, 0.05) is 13.8 Å². The lowest BCUT2D eigenvalue weighted by atomic mass is 9.96. The predicted octanol–water partition coefficient (Wildman–Crippen LogP) is 2.02. The van der Waals surface area contributed by atoms with Crippen LogP contribution in [0.1, 0.15) is 46.0 Å². The van der Waals surface area contributed by atoms with Crippen molar-refractivity contribution in [3.63, 3.8) is 0 Å². The molecule has 1 fully saturated rings. The average Bonchev–Trinajstić information content (AvgIpc) is 2.15. The van der Waals surface area contributed by atoms with Crippen molar-refractivity contribution in [2.24, 2.45) is 0 Å². The minimum Gasteiger partial charge on any atom is -0.459 e. The summed E-state index contributed by atoms with van der Waals surface area (Å²) in [5, 5.41) is 0. The molecule has 16 heavy (non-hydrogen) atoms. The molecule has 2 unspecified atom stereocenters. The lowest BCUT2D eigenvalue weighted by molar-refractivity contribution is -0.166. The average molecular weight is 227 g/mol. The first-order valence-electron chi connectivity index (χ1n) is 5.75. The van der Waals surface area contributed by atoms with E-state index in [9.17, 15) is 9.59 Å². The summed E-state index contributed by atoms with van der Waals surface area (Å²) in [4.78, 5) is 21.9. The minimum absolute atomic E-state index is 0.282. The van der Waals surface area contributed by atoms with Crippen LogP contribution in [-0.4, -0.2) is 24.1 Å². The van der Waals surface area contributed by atoms with Gasteiger partial charge in [-0.15, -0.1) is 0 Å². The van der Waals surface area contributed by atoms with E-state index in [1.807, 2.05) is 0 Å². The molecule has 1 rings (SSSR count). The SMILES string of the molecule is CC(=O)OC1CC[CH]CCCC1OC(C)=O. The molecule has 0 aromatic heterocycles. The van der Waals surface area contributed by atoms with Gasteiger partial charge in [-0.05, 0) is 32.1 Å². The molecule has 2 atom stereocenters. The molecule has 0 spiro atoms. The number of hydrogen-bond acceptors (Lipinski definition) is 4. The summed E-state index contributed by atoms with van der Waals surface area (Å²) in [6.45, 7) is 2.77. The maximum Gasteiger partial charge on any atom is 0.303 e. The monoisotopic (exact) mass is 227 g/mol. The van der Waals surface area contributed by atoms with Crippen molar-refractivity contribution >= 4 is 11.9 Å². The highest BCUT2D eigenvalue weighted by atomic mass is 16.6. The molecule has 0 N–H and O–H groups in total. The summed E-state index contributed by atoms with van der Waals surface area (Å²) in [5.41, 5.74) is 0. The molecule has 4 heteroatoms. The van der Waals surface area contributed by atoms with E-state index in [1.54, 1.807) is 0 Å². The molecule has 1 saturated carbocycles. The molecule has 0 aliphatic heterocycles. The first kappa shape index (κ1) is 13.0. The molecule has 0 amide bonds. The van der Waals surface area contributed by atoms with Crippen LogP contribution in [0.3, 0.4) is 0 Å². The molecule has 1 aliphatic carbocycles. The van der Waals surface area contributed by atoms with Crippen LogP contribution >= 0.6 is 0 Å². The van der Waals surface area contributed by atoms with E-state index in [0.29, 0.717) is 0 Å². The van der Waals surface area contributed by atoms with E-state index < -0.39 is 0 Å². The highest BCUT2D eigenvalue weighted by Gasteiger charge is 2.27. The van der Waals surface area contributed by atoms with Gasteiger partial charge in [0.2, 0.25) is 0 Å². The number of carbonyl (C=O) groups is 2. The lowest BCUT2D eigenvalue weighted by Crippen LogP contribution is -2.35. The quantitative estimate of drug-likeness (QED) is 0.677. The van der Waals surface area contributed by atoms with Gasteiger partial charge in [-0.1, -0.05) is 6.42 Å². The van der Waals surface area contributed by atoms with Crippen LogP contribution in [0.25, 0.3) is 0 Å². The van der Waals surface area contributed by atoms with Gasteiger partial charge in [-0.25, -0.2) is 0 Å².